The second kappa shape index (κ2) is 9.16. The van der Waals surface area contributed by atoms with E-state index < -0.39 is 11.9 Å². The number of rotatable bonds is 8. The normalized spacial score (nSPS) is 16.9. The lowest BCUT2D eigenvalue weighted by molar-refractivity contribution is -0.109. The Balaban J connectivity index is 1.79. The molecule has 3 rings (SSSR count). The minimum absolute atomic E-state index is 0.242. The van der Waals surface area contributed by atoms with Gasteiger partial charge in [0.05, 0.1) is 23.0 Å². The van der Waals surface area contributed by atoms with E-state index in [0.29, 0.717) is 22.9 Å². The zero-order valence-corrected chi connectivity index (χ0v) is 16.8. The number of hydrogen-bond donors (Lipinski definition) is 4. The van der Waals surface area contributed by atoms with Gasteiger partial charge in [0, 0.05) is 11.7 Å². The molecule has 0 spiro atoms. The first-order chi connectivity index (χ1) is 13.5. The number of amides is 1. The van der Waals surface area contributed by atoms with Crippen LogP contribution >= 0.6 is 11.5 Å². The van der Waals surface area contributed by atoms with Crippen molar-refractivity contribution in [1.29, 1.82) is 0 Å². The molecule has 0 saturated heterocycles. The maximum absolute atomic E-state index is 11.8. The van der Waals surface area contributed by atoms with Gasteiger partial charge in [-0.25, -0.2) is 0 Å². The van der Waals surface area contributed by atoms with Gasteiger partial charge in [0.2, 0.25) is 0 Å². The molecule has 7 nitrogen and oxygen atoms in total. The third kappa shape index (κ3) is 4.88. The van der Waals surface area contributed by atoms with E-state index in [-0.39, 0.29) is 6.04 Å². The molecule has 1 heterocycles. The molecule has 1 aromatic carbocycles. The predicted octanol–water partition coefficient (Wildman–Crippen LogP) is 3.18. The molecular formula is C20H27N5O2S. The quantitative estimate of drug-likeness (QED) is 0.504. The lowest BCUT2D eigenvalue weighted by Crippen LogP contribution is -2.47. The first-order valence-corrected chi connectivity index (χ1v) is 10.4. The van der Waals surface area contributed by atoms with Crippen LogP contribution in [-0.4, -0.2) is 28.7 Å². The van der Waals surface area contributed by atoms with Crippen molar-refractivity contribution < 1.29 is 9.59 Å². The molecule has 1 aliphatic rings. The number of carbonyl (C=O) groups is 2. The number of aldehydes is 1. The SMILES string of the molecule is Cc1cc(Nc2cc(NC(C=O)C(N)C3CCCCC3)ccc2C(N)=O)sn1. The van der Waals surface area contributed by atoms with Gasteiger partial charge in [-0.15, -0.1) is 0 Å². The van der Waals surface area contributed by atoms with Crippen molar-refractivity contribution in [2.45, 2.75) is 51.1 Å². The summed E-state index contributed by atoms with van der Waals surface area (Å²) in [5.41, 5.74) is 14.4. The van der Waals surface area contributed by atoms with Gasteiger partial charge in [0.1, 0.15) is 11.3 Å². The minimum atomic E-state index is -0.527. The zero-order valence-electron chi connectivity index (χ0n) is 16.0. The van der Waals surface area contributed by atoms with Gasteiger partial charge >= 0.3 is 0 Å². The number of carbonyl (C=O) groups excluding carboxylic acids is 2. The summed E-state index contributed by atoms with van der Waals surface area (Å²) in [5, 5.41) is 7.23. The van der Waals surface area contributed by atoms with Gasteiger partial charge in [-0.05, 0) is 61.5 Å². The lowest BCUT2D eigenvalue weighted by atomic mass is 9.81. The highest BCUT2D eigenvalue weighted by molar-refractivity contribution is 7.10. The summed E-state index contributed by atoms with van der Waals surface area (Å²) in [7, 11) is 0. The Morgan fingerprint density at radius 2 is 2.04 bits per heavy atom. The lowest BCUT2D eigenvalue weighted by Gasteiger charge is -2.31. The molecular weight excluding hydrogens is 374 g/mol. The minimum Gasteiger partial charge on any atom is -0.374 e. The van der Waals surface area contributed by atoms with Gasteiger partial charge in [-0.3, -0.25) is 4.79 Å². The number of nitrogens with zero attached hydrogens (tertiary/aromatic N) is 1. The van der Waals surface area contributed by atoms with Gasteiger partial charge in [0.25, 0.3) is 5.91 Å². The first-order valence-electron chi connectivity index (χ1n) is 9.59. The molecule has 0 aliphatic heterocycles. The average Bonchev–Trinajstić information content (AvgIpc) is 3.10. The molecule has 2 unspecified atom stereocenters. The number of primary amides is 1. The number of hydrogen-bond acceptors (Lipinski definition) is 7. The van der Waals surface area contributed by atoms with Crippen molar-refractivity contribution in [2.75, 3.05) is 10.6 Å². The van der Waals surface area contributed by atoms with Crippen molar-refractivity contribution in [1.82, 2.24) is 4.37 Å². The van der Waals surface area contributed by atoms with Crippen molar-refractivity contribution in [2.24, 2.45) is 17.4 Å². The van der Waals surface area contributed by atoms with Gasteiger partial charge in [0.15, 0.2) is 0 Å². The molecule has 2 atom stereocenters. The average molecular weight is 402 g/mol. The van der Waals surface area contributed by atoms with Gasteiger partial charge in [-0.2, -0.15) is 4.37 Å². The smallest absolute Gasteiger partial charge is 0.250 e. The van der Waals surface area contributed by atoms with Crippen LogP contribution in [-0.2, 0) is 4.79 Å². The number of benzene rings is 1. The molecule has 150 valence electrons. The fourth-order valence-corrected chi connectivity index (χ4v) is 4.41. The summed E-state index contributed by atoms with van der Waals surface area (Å²) in [6, 6.07) is 6.33. The molecule has 1 fully saturated rings. The van der Waals surface area contributed by atoms with Crippen molar-refractivity contribution in [3.8, 4) is 0 Å². The van der Waals surface area contributed by atoms with Crippen LogP contribution in [0.1, 0.15) is 48.2 Å². The molecule has 1 saturated carbocycles. The summed E-state index contributed by atoms with van der Waals surface area (Å²) < 4.78 is 4.23. The van der Waals surface area contributed by atoms with E-state index in [9.17, 15) is 9.59 Å². The molecule has 8 heteroatoms. The number of aryl methyl sites for hydroxylation is 1. The topological polar surface area (TPSA) is 123 Å². The number of anilines is 3. The highest BCUT2D eigenvalue weighted by Crippen LogP contribution is 2.30. The number of nitrogens with one attached hydrogen (secondary N) is 2. The van der Waals surface area contributed by atoms with Gasteiger partial charge in [-0.1, -0.05) is 19.3 Å². The fourth-order valence-electron chi connectivity index (χ4n) is 3.73. The van der Waals surface area contributed by atoms with Crippen molar-refractivity contribution in [3.05, 3.63) is 35.5 Å². The molecule has 6 N–H and O–H groups in total. The Kier molecular flexibility index (Phi) is 6.64. The van der Waals surface area contributed by atoms with E-state index in [2.05, 4.69) is 15.0 Å². The largest absolute Gasteiger partial charge is 0.374 e. The Hall–Kier alpha value is -2.45. The van der Waals surface area contributed by atoms with Crippen LogP contribution in [0.4, 0.5) is 16.4 Å². The molecule has 0 radical (unpaired) electrons. The second-order valence-corrected chi connectivity index (χ2v) is 8.17. The van der Waals surface area contributed by atoms with E-state index in [0.717, 1.165) is 29.8 Å². The van der Waals surface area contributed by atoms with Crippen LogP contribution in [0, 0.1) is 12.8 Å². The third-order valence-corrected chi connectivity index (χ3v) is 6.06. The van der Waals surface area contributed by atoms with Crippen LogP contribution in [0.2, 0.25) is 0 Å². The van der Waals surface area contributed by atoms with Crippen LogP contribution < -0.4 is 22.1 Å². The fraction of sp³-hybridized carbons (Fsp3) is 0.450. The maximum Gasteiger partial charge on any atom is 0.250 e. The van der Waals surface area contributed by atoms with Crippen LogP contribution in [0.15, 0.2) is 24.3 Å². The predicted molar refractivity (Wildman–Crippen MR) is 113 cm³/mol. The molecule has 1 aliphatic carbocycles. The highest BCUT2D eigenvalue weighted by atomic mass is 32.1. The summed E-state index contributed by atoms with van der Waals surface area (Å²) >= 11 is 1.30. The van der Waals surface area contributed by atoms with Crippen molar-refractivity contribution >= 4 is 40.1 Å². The van der Waals surface area contributed by atoms with Crippen molar-refractivity contribution in [3.63, 3.8) is 0 Å². The van der Waals surface area contributed by atoms with E-state index in [1.165, 1.54) is 30.8 Å². The molecule has 2 aromatic rings. The van der Waals surface area contributed by atoms with E-state index in [1.54, 1.807) is 18.2 Å². The zero-order chi connectivity index (χ0) is 20.1. The molecule has 1 aromatic heterocycles. The maximum atomic E-state index is 11.8. The Bertz CT molecular complexity index is 832. The monoisotopic (exact) mass is 401 g/mol. The summed E-state index contributed by atoms with van der Waals surface area (Å²) in [6.07, 6.45) is 6.57. The van der Waals surface area contributed by atoms with E-state index >= 15 is 0 Å². The second-order valence-electron chi connectivity index (χ2n) is 7.36. The molecule has 28 heavy (non-hydrogen) atoms. The number of aromatic nitrogens is 1. The van der Waals surface area contributed by atoms with E-state index in [1.807, 2.05) is 13.0 Å². The Morgan fingerprint density at radius 3 is 2.64 bits per heavy atom. The standard InChI is InChI=1S/C20H27N5O2S/c1-12-9-18(28-25-12)24-16-10-14(7-8-15(16)20(22)27)23-17(11-26)19(21)13-5-3-2-4-6-13/h7-11,13,17,19,23-24H,2-6,21H2,1H3,(H2,22,27). The van der Waals surface area contributed by atoms with E-state index in [4.69, 9.17) is 11.5 Å². The van der Waals surface area contributed by atoms with Crippen LogP contribution in [0.3, 0.4) is 0 Å². The first kappa shape index (κ1) is 20.3. The third-order valence-electron chi connectivity index (χ3n) is 5.26. The Labute approximate surface area is 169 Å². The summed E-state index contributed by atoms with van der Waals surface area (Å²) in [4.78, 5) is 23.5. The van der Waals surface area contributed by atoms with Crippen LogP contribution in [0.25, 0.3) is 0 Å². The summed E-state index contributed by atoms with van der Waals surface area (Å²) in [5.74, 6) is -0.180. The molecule has 0 bridgehead atoms. The van der Waals surface area contributed by atoms with Crippen LogP contribution in [0.5, 0.6) is 0 Å². The highest BCUT2D eigenvalue weighted by Gasteiger charge is 2.27. The number of nitrogens with two attached hydrogens (primary N) is 2. The Morgan fingerprint density at radius 1 is 1.29 bits per heavy atom. The summed E-state index contributed by atoms with van der Waals surface area (Å²) in [6.45, 7) is 1.90. The molecule has 1 amide bonds. The van der Waals surface area contributed by atoms with Gasteiger partial charge < -0.3 is 26.9 Å².